The Bertz CT molecular complexity index is 1250. The molecule has 37 heavy (non-hydrogen) atoms. The van der Waals surface area contributed by atoms with E-state index in [9.17, 15) is 0 Å². The van der Waals surface area contributed by atoms with Crippen molar-refractivity contribution in [3.05, 3.63) is 125 Å². The molecule has 0 spiro atoms. The van der Waals surface area contributed by atoms with Gasteiger partial charge in [0, 0.05) is 0 Å². The second-order valence-electron chi connectivity index (χ2n) is 9.48. The molecule has 0 saturated carbocycles. The van der Waals surface area contributed by atoms with E-state index < -0.39 is 0 Å². The van der Waals surface area contributed by atoms with Crippen LogP contribution in [0.2, 0.25) is 0 Å². The largest absolute Gasteiger partial charge is 0.494 e. The topological polar surface area (TPSA) is 9.23 Å². The summed E-state index contributed by atoms with van der Waals surface area (Å²) in [6, 6.07) is 36.1. The first kappa shape index (κ1) is 26.2. The molecule has 1 nitrogen and oxygen atoms in total. The van der Waals surface area contributed by atoms with Crippen LogP contribution in [0.15, 0.2) is 103 Å². The van der Waals surface area contributed by atoms with Gasteiger partial charge in [0.25, 0.3) is 0 Å². The molecule has 0 saturated heterocycles. The first-order valence-corrected chi connectivity index (χ1v) is 13.7. The van der Waals surface area contributed by atoms with Gasteiger partial charge in [0.05, 0.1) is 6.61 Å². The van der Waals surface area contributed by atoms with Crippen molar-refractivity contribution in [3.63, 3.8) is 0 Å². The highest BCUT2D eigenvalue weighted by Gasteiger charge is 2.06. The maximum absolute atomic E-state index is 6.03. The van der Waals surface area contributed by atoms with Gasteiger partial charge in [0.15, 0.2) is 0 Å². The molecule has 0 N–H and O–H groups in total. The van der Waals surface area contributed by atoms with Gasteiger partial charge in [-0.1, -0.05) is 148 Å². The van der Waals surface area contributed by atoms with Gasteiger partial charge >= 0.3 is 0 Å². The summed E-state index contributed by atoms with van der Waals surface area (Å²) in [5, 5.41) is 0. The molecule has 0 atom stereocenters. The van der Waals surface area contributed by atoms with E-state index >= 15 is 0 Å². The van der Waals surface area contributed by atoms with Crippen molar-refractivity contribution in [2.45, 2.75) is 45.4 Å². The van der Waals surface area contributed by atoms with Crippen LogP contribution in [0.25, 0.3) is 35.4 Å². The maximum Gasteiger partial charge on any atom is 0.119 e. The minimum Gasteiger partial charge on any atom is -0.494 e. The predicted octanol–water partition coefficient (Wildman–Crippen LogP) is 10.4. The van der Waals surface area contributed by atoms with Crippen LogP contribution in [0.1, 0.15) is 67.7 Å². The maximum atomic E-state index is 6.03. The third-order valence-electron chi connectivity index (χ3n) is 6.53. The summed E-state index contributed by atoms with van der Waals surface area (Å²) in [6.45, 7) is 3.04. The molecule has 0 fully saturated rings. The smallest absolute Gasteiger partial charge is 0.119 e. The van der Waals surface area contributed by atoms with E-state index in [1.807, 2.05) is 12.1 Å². The van der Waals surface area contributed by atoms with E-state index in [4.69, 9.17) is 4.74 Å². The summed E-state index contributed by atoms with van der Waals surface area (Å²) < 4.78 is 6.03. The number of benzene rings is 4. The number of hydrogen-bond acceptors (Lipinski definition) is 1. The monoisotopic (exact) mass is 486 g/mol. The van der Waals surface area contributed by atoms with Gasteiger partial charge in [-0.3, -0.25) is 0 Å². The van der Waals surface area contributed by atoms with Gasteiger partial charge in [0.1, 0.15) is 5.75 Å². The fourth-order valence-electron chi connectivity index (χ4n) is 4.38. The van der Waals surface area contributed by atoms with E-state index in [1.54, 1.807) is 0 Å². The molecule has 0 aliphatic carbocycles. The van der Waals surface area contributed by atoms with Crippen molar-refractivity contribution >= 4 is 24.3 Å². The molecule has 0 radical (unpaired) electrons. The third kappa shape index (κ3) is 8.65. The summed E-state index contributed by atoms with van der Waals surface area (Å²) in [4.78, 5) is 0. The van der Waals surface area contributed by atoms with E-state index in [-0.39, 0.29) is 0 Å². The normalized spacial score (nSPS) is 11.4. The van der Waals surface area contributed by atoms with E-state index in [1.165, 1.54) is 65.5 Å². The average Bonchev–Trinajstić information content (AvgIpc) is 2.96. The van der Waals surface area contributed by atoms with Gasteiger partial charge in [-0.25, -0.2) is 0 Å². The highest BCUT2D eigenvalue weighted by Crippen LogP contribution is 2.29. The molecule has 0 aliphatic heterocycles. The molecule has 4 rings (SSSR count). The summed E-state index contributed by atoms with van der Waals surface area (Å²) in [7, 11) is 0. The van der Waals surface area contributed by atoms with Gasteiger partial charge in [-0.15, -0.1) is 0 Å². The van der Waals surface area contributed by atoms with Gasteiger partial charge in [0.2, 0.25) is 0 Å². The van der Waals surface area contributed by atoms with E-state index in [0.717, 1.165) is 18.8 Å². The number of unbranched alkanes of at least 4 members (excludes halogenated alkanes) is 5. The Hall–Kier alpha value is -3.84. The predicted molar refractivity (Wildman–Crippen MR) is 161 cm³/mol. The molecular weight excluding hydrogens is 448 g/mol. The molecule has 0 bridgehead atoms. The van der Waals surface area contributed by atoms with Crippen LogP contribution in [0.3, 0.4) is 0 Å². The second kappa shape index (κ2) is 14.7. The van der Waals surface area contributed by atoms with Crippen LogP contribution in [-0.4, -0.2) is 6.61 Å². The number of ether oxygens (including phenoxy) is 1. The SMILES string of the molecule is CCCCCCCCOc1ccc(-c2cc(/C=C/c3ccccc3)ccc2/C=C/c2ccccc2)cc1. The molecule has 1 heteroatoms. The molecule has 0 aliphatic rings. The zero-order valence-corrected chi connectivity index (χ0v) is 22.0. The molecule has 0 heterocycles. The van der Waals surface area contributed by atoms with Crippen LogP contribution >= 0.6 is 0 Å². The molecular formula is C36H38O. The quantitative estimate of drug-likeness (QED) is 0.135. The van der Waals surface area contributed by atoms with Gasteiger partial charge < -0.3 is 4.74 Å². The Morgan fingerprint density at radius 1 is 0.541 bits per heavy atom. The first-order valence-electron chi connectivity index (χ1n) is 13.7. The lowest BCUT2D eigenvalue weighted by Crippen LogP contribution is -1.97. The lowest BCUT2D eigenvalue weighted by atomic mass is 9.96. The van der Waals surface area contributed by atoms with Gasteiger partial charge in [-0.2, -0.15) is 0 Å². The van der Waals surface area contributed by atoms with Crippen LogP contribution in [0, 0.1) is 0 Å². The van der Waals surface area contributed by atoms with Gasteiger partial charge in [-0.05, 0) is 58.0 Å². The third-order valence-corrected chi connectivity index (χ3v) is 6.53. The van der Waals surface area contributed by atoms with Crippen molar-refractivity contribution in [2.75, 3.05) is 6.61 Å². The number of rotatable bonds is 13. The highest BCUT2D eigenvalue weighted by atomic mass is 16.5. The van der Waals surface area contributed by atoms with Crippen molar-refractivity contribution in [3.8, 4) is 16.9 Å². The molecule has 188 valence electrons. The second-order valence-corrected chi connectivity index (χ2v) is 9.48. The van der Waals surface area contributed by atoms with Crippen molar-refractivity contribution < 1.29 is 4.74 Å². The first-order chi connectivity index (χ1) is 18.3. The van der Waals surface area contributed by atoms with Crippen molar-refractivity contribution in [2.24, 2.45) is 0 Å². The molecule has 4 aromatic rings. The summed E-state index contributed by atoms with van der Waals surface area (Å²) >= 11 is 0. The Labute approximate surface area is 223 Å². The Morgan fingerprint density at radius 2 is 1.14 bits per heavy atom. The minimum absolute atomic E-state index is 0.788. The molecule has 0 aromatic heterocycles. The fraction of sp³-hybridized carbons (Fsp3) is 0.222. The van der Waals surface area contributed by atoms with Crippen LogP contribution < -0.4 is 4.74 Å². The molecule has 4 aromatic carbocycles. The Balaban J connectivity index is 1.50. The van der Waals surface area contributed by atoms with E-state index in [2.05, 4.69) is 122 Å². The Morgan fingerprint density at radius 3 is 1.81 bits per heavy atom. The zero-order valence-electron chi connectivity index (χ0n) is 22.0. The highest BCUT2D eigenvalue weighted by molar-refractivity contribution is 5.83. The zero-order chi connectivity index (χ0) is 25.5. The minimum atomic E-state index is 0.788. The van der Waals surface area contributed by atoms with E-state index in [0.29, 0.717) is 0 Å². The Kier molecular flexibility index (Phi) is 10.4. The lowest BCUT2D eigenvalue weighted by Gasteiger charge is -2.11. The average molecular weight is 487 g/mol. The lowest BCUT2D eigenvalue weighted by molar-refractivity contribution is 0.304. The summed E-state index contributed by atoms with van der Waals surface area (Å²) in [6.07, 6.45) is 16.4. The van der Waals surface area contributed by atoms with Crippen molar-refractivity contribution in [1.29, 1.82) is 0 Å². The standard InChI is InChI=1S/C36H38O/c1-2-3-4-5-6-13-28-37-35-26-24-34(25-27-35)36-29-32(19-18-30-14-9-7-10-15-30)21-23-33(36)22-20-31-16-11-8-12-17-31/h7-12,14-27,29H,2-6,13,28H2,1H3/b19-18+,22-20+. The molecule has 0 unspecified atom stereocenters. The number of hydrogen-bond donors (Lipinski definition) is 0. The molecule has 0 amide bonds. The summed E-state index contributed by atoms with van der Waals surface area (Å²) in [5.41, 5.74) is 7.17. The fourth-order valence-corrected chi connectivity index (χ4v) is 4.38. The van der Waals surface area contributed by atoms with Crippen LogP contribution in [0.5, 0.6) is 5.75 Å². The summed E-state index contributed by atoms with van der Waals surface area (Å²) in [5.74, 6) is 0.943. The van der Waals surface area contributed by atoms with Crippen LogP contribution in [0.4, 0.5) is 0 Å². The van der Waals surface area contributed by atoms with Crippen molar-refractivity contribution in [1.82, 2.24) is 0 Å². The van der Waals surface area contributed by atoms with Crippen LogP contribution in [-0.2, 0) is 0 Å².